The SMILES string of the molecule is NC1CC2CCC(C1)N2C(=O)C(F)(F)c1ccccc1. The number of amides is 1. The summed E-state index contributed by atoms with van der Waals surface area (Å²) in [5, 5.41) is 0. The fourth-order valence-electron chi connectivity index (χ4n) is 3.48. The van der Waals surface area contributed by atoms with Crippen LogP contribution in [-0.2, 0) is 10.7 Å². The molecule has 108 valence electrons. The number of carbonyl (C=O) groups is 1. The molecular formula is C15H18F2N2O. The highest BCUT2D eigenvalue weighted by Crippen LogP contribution is 2.40. The van der Waals surface area contributed by atoms with E-state index in [0.717, 1.165) is 12.8 Å². The van der Waals surface area contributed by atoms with E-state index in [4.69, 9.17) is 5.73 Å². The lowest BCUT2D eigenvalue weighted by atomic mass is 9.96. The number of halogens is 2. The average Bonchev–Trinajstić information content (AvgIpc) is 2.70. The molecular weight excluding hydrogens is 262 g/mol. The topological polar surface area (TPSA) is 46.3 Å². The van der Waals surface area contributed by atoms with E-state index in [0.29, 0.717) is 12.8 Å². The quantitative estimate of drug-likeness (QED) is 0.903. The zero-order valence-electron chi connectivity index (χ0n) is 11.1. The lowest BCUT2D eigenvalue weighted by Crippen LogP contribution is -2.54. The van der Waals surface area contributed by atoms with Crippen molar-refractivity contribution < 1.29 is 13.6 Å². The van der Waals surface area contributed by atoms with Crippen LogP contribution in [0.3, 0.4) is 0 Å². The molecule has 0 radical (unpaired) electrons. The van der Waals surface area contributed by atoms with E-state index >= 15 is 0 Å². The van der Waals surface area contributed by atoms with Crippen LogP contribution in [0, 0.1) is 0 Å². The second-order valence-electron chi connectivity index (χ2n) is 5.77. The maximum atomic E-state index is 14.4. The Labute approximate surface area is 116 Å². The molecule has 0 aromatic heterocycles. The first-order chi connectivity index (χ1) is 9.50. The average molecular weight is 280 g/mol. The molecule has 2 aliphatic rings. The van der Waals surface area contributed by atoms with E-state index in [1.165, 1.54) is 29.2 Å². The number of hydrogen-bond acceptors (Lipinski definition) is 2. The molecule has 20 heavy (non-hydrogen) atoms. The zero-order chi connectivity index (χ0) is 14.3. The van der Waals surface area contributed by atoms with Crippen LogP contribution in [0.15, 0.2) is 30.3 Å². The summed E-state index contributed by atoms with van der Waals surface area (Å²) in [5.74, 6) is -4.52. The van der Waals surface area contributed by atoms with E-state index in [2.05, 4.69) is 0 Å². The van der Waals surface area contributed by atoms with Crippen molar-refractivity contribution in [3.8, 4) is 0 Å². The lowest BCUT2D eigenvalue weighted by Gasteiger charge is -2.39. The monoisotopic (exact) mass is 280 g/mol. The van der Waals surface area contributed by atoms with Gasteiger partial charge in [0.15, 0.2) is 0 Å². The largest absolute Gasteiger partial charge is 0.349 e. The summed E-state index contributed by atoms with van der Waals surface area (Å²) in [5.41, 5.74) is 5.68. The van der Waals surface area contributed by atoms with Crippen molar-refractivity contribution in [2.24, 2.45) is 5.73 Å². The smallest absolute Gasteiger partial charge is 0.331 e. The van der Waals surface area contributed by atoms with E-state index in [1.54, 1.807) is 6.07 Å². The third kappa shape index (κ3) is 2.10. The molecule has 1 aromatic carbocycles. The Balaban J connectivity index is 1.86. The third-order valence-electron chi connectivity index (χ3n) is 4.41. The normalized spacial score (nSPS) is 29.6. The molecule has 2 unspecified atom stereocenters. The van der Waals surface area contributed by atoms with Gasteiger partial charge in [-0.25, -0.2) is 0 Å². The van der Waals surface area contributed by atoms with Gasteiger partial charge in [0, 0.05) is 23.7 Å². The fourth-order valence-corrected chi connectivity index (χ4v) is 3.48. The Bertz CT molecular complexity index is 492. The second kappa shape index (κ2) is 4.81. The third-order valence-corrected chi connectivity index (χ3v) is 4.41. The van der Waals surface area contributed by atoms with Crippen LogP contribution in [0.4, 0.5) is 8.78 Å². The Morgan fingerprint density at radius 3 is 2.25 bits per heavy atom. The molecule has 2 saturated heterocycles. The maximum Gasteiger partial charge on any atom is 0.349 e. The van der Waals surface area contributed by atoms with Gasteiger partial charge in [0.2, 0.25) is 0 Å². The van der Waals surface area contributed by atoms with Crippen LogP contribution in [0.25, 0.3) is 0 Å². The van der Waals surface area contributed by atoms with Gasteiger partial charge in [-0.05, 0) is 25.7 Å². The van der Waals surface area contributed by atoms with Gasteiger partial charge in [0.05, 0.1) is 0 Å². The van der Waals surface area contributed by atoms with Crippen molar-refractivity contribution in [3.63, 3.8) is 0 Å². The van der Waals surface area contributed by atoms with Crippen molar-refractivity contribution in [2.75, 3.05) is 0 Å². The minimum atomic E-state index is -3.45. The molecule has 0 aliphatic carbocycles. The van der Waals surface area contributed by atoms with Crippen molar-refractivity contribution in [1.82, 2.24) is 4.90 Å². The zero-order valence-corrected chi connectivity index (χ0v) is 11.1. The minimum Gasteiger partial charge on any atom is -0.331 e. The van der Waals surface area contributed by atoms with Gasteiger partial charge in [-0.1, -0.05) is 30.3 Å². The van der Waals surface area contributed by atoms with Crippen LogP contribution in [-0.4, -0.2) is 28.9 Å². The minimum absolute atomic E-state index is 0.0295. The Morgan fingerprint density at radius 2 is 1.70 bits per heavy atom. The number of alkyl halides is 2. The molecule has 3 nitrogen and oxygen atoms in total. The first kappa shape index (κ1) is 13.5. The molecule has 0 saturated carbocycles. The summed E-state index contributed by atoms with van der Waals surface area (Å²) in [4.78, 5) is 13.7. The van der Waals surface area contributed by atoms with Gasteiger partial charge < -0.3 is 10.6 Å². The van der Waals surface area contributed by atoms with Crippen molar-refractivity contribution >= 4 is 5.91 Å². The number of piperidine rings is 1. The van der Waals surface area contributed by atoms with E-state index < -0.39 is 11.8 Å². The number of benzene rings is 1. The highest BCUT2D eigenvalue weighted by molar-refractivity contribution is 5.85. The van der Waals surface area contributed by atoms with Crippen LogP contribution < -0.4 is 5.73 Å². The summed E-state index contributed by atoms with van der Waals surface area (Å²) in [7, 11) is 0. The van der Waals surface area contributed by atoms with Gasteiger partial charge >= 0.3 is 5.92 Å². The Kier molecular flexibility index (Phi) is 3.24. The van der Waals surface area contributed by atoms with Gasteiger partial charge in [0.1, 0.15) is 0 Å². The standard InChI is InChI=1S/C15H18F2N2O/c16-15(17,10-4-2-1-3-5-10)14(20)19-12-6-7-13(19)9-11(18)8-12/h1-5,11-13H,6-9,18H2. The van der Waals surface area contributed by atoms with Crippen LogP contribution in [0.2, 0.25) is 0 Å². The molecule has 5 heteroatoms. The van der Waals surface area contributed by atoms with Crippen molar-refractivity contribution in [1.29, 1.82) is 0 Å². The van der Waals surface area contributed by atoms with Gasteiger partial charge in [-0.3, -0.25) is 4.79 Å². The summed E-state index contributed by atoms with van der Waals surface area (Å²) in [6.07, 6.45) is 2.84. The van der Waals surface area contributed by atoms with E-state index in [9.17, 15) is 13.6 Å². The molecule has 3 rings (SSSR count). The van der Waals surface area contributed by atoms with Crippen LogP contribution >= 0.6 is 0 Å². The molecule has 2 aliphatic heterocycles. The van der Waals surface area contributed by atoms with Crippen molar-refractivity contribution in [2.45, 2.75) is 49.7 Å². The predicted octanol–water partition coefficient (Wildman–Crippen LogP) is 2.26. The van der Waals surface area contributed by atoms with E-state index in [1.807, 2.05) is 0 Å². The highest BCUT2D eigenvalue weighted by atomic mass is 19.3. The molecule has 0 spiro atoms. The Morgan fingerprint density at radius 1 is 1.15 bits per heavy atom. The first-order valence-electron chi connectivity index (χ1n) is 7.02. The van der Waals surface area contributed by atoms with Gasteiger partial charge in [0.25, 0.3) is 5.91 Å². The highest BCUT2D eigenvalue weighted by Gasteiger charge is 2.51. The molecule has 1 amide bonds. The van der Waals surface area contributed by atoms with Gasteiger partial charge in [-0.2, -0.15) is 8.78 Å². The molecule has 2 N–H and O–H groups in total. The number of nitrogens with zero attached hydrogens (tertiary/aromatic N) is 1. The lowest BCUT2D eigenvalue weighted by molar-refractivity contribution is -0.164. The van der Waals surface area contributed by atoms with Gasteiger partial charge in [-0.15, -0.1) is 0 Å². The number of carbonyl (C=O) groups excluding carboxylic acids is 1. The molecule has 2 bridgehead atoms. The molecule has 1 aromatic rings. The predicted molar refractivity (Wildman–Crippen MR) is 71.2 cm³/mol. The van der Waals surface area contributed by atoms with E-state index in [-0.39, 0.29) is 23.7 Å². The number of hydrogen-bond donors (Lipinski definition) is 1. The molecule has 2 fully saturated rings. The number of nitrogens with two attached hydrogens (primary N) is 1. The molecule has 2 atom stereocenters. The number of fused-ring (bicyclic) bond motifs is 2. The van der Waals surface area contributed by atoms with Crippen LogP contribution in [0.1, 0.15) is 31.2 Å². The first-order valence-corrected chi connectivity index (χ1v) is 7.02. The summed E-state index contributed by atoms with van der Waals surface area (Å²) in [6, 6.07) is 7.10. The number of rotatable bonds is 2. The summed E-state index contributed by atoms with van der Waals surface area (Å²) in [6.45, 7) is 0. The van der Waals surface area contributed by atoms with Crippen LogP contribution in [0.5, 0.6) is 0 Å². The second-order valence-corrected chi connectivity index (χ2v) is 5.77. The molecule has 2 heterocycles. The summed E-state index contributed by atoms with van der Waals surface area (Å²) >= 11 is 0. The fraction of sp³-hybridized carbons (Fsp3) is 0.533. The maximum absolute atomic E-state index is 14.4. The van der Waals surface area contributed by atoms with Crippen molar-refractivity contribution in [3.05, 3.63) is 35.9 Å². The Hall–Kier alpha value is -1.49. The summed E-state index contributed by atoms with van der Waals surface area (Å²) < 4.78 is 28.8.